The van der Waals surface area contributed by atoms with Gasteiger partial charge in [0.05, 0.1) is 0 Å². The molecule has 1 rings (SSSR count). The van der Waals surface area contributed by atoms with Crippen molar-refractivity contribution in [3.63, 3.8) is 0 Å². The van der Waals surface area contributed by atoms with Crippen LogP contribution >= 0.6 is 0 Å². The molecule has 0 saturated heterocycles. The van der Waals surface area contributed by atoms with Gasteiger partial charge in [0.25, 0.3) is 0 Å². The summed E-state index contributed by atoms with van der Waals surface area (Å²) in [5, 5.41) is 0. The van der Waals surface area contributed by atoms with Crippen molar-refractivity contribution in [1.29, 1.82) is 0 Å². The van der Waals surface area contributed by atoms with Crippen molar-refractivity contribution in [3.05, 3.63) is 10.2 Å². The number of unbranched alkanes of at least 4 members (excludes halogenated alkanes) is 3. The second-order valence-electron chi connectivity index (χ2n) is 7.71. The van der Waals surface area contributed by atoms with Crippen molar-refractivity contribution in [3.8, 4) is 0 Å². The van der Waals surface area contributed by atoms with E-state index in [9.17, 15) is 0 Å². The zero-order chi connectivity index (χ0) is 16.3. The van der Waals surface area contributed by atoms with Gasteiger partial charge in [0.1, 0.15) is 0 Å². The molecule has 0 aromatic heterocycles. The first-order valence-electron chi connectivity index (χ1n) is 10.1. The van der Waals surface area contributed by atoms with Crippen LogP contribution in [0.3, 0.4) is 0 Å². The molecule has 1 aliphatic carbocycles. The Bertz CT molecular complexity index is 270. The molecule has 0 aromatic rings. The van der Waals surface area contributed by atoms with Crippen LogP contribution in [-0.4, -0.2) is 24.4 Å². The standard InChI is InChI=1S/C8H14N.3C4H9.Sn/c1-2-7-3-5-8(9)6-4-7;3*1-3-4-2;/h1-2,7-8H,3-6,9H2;3*1,3-4H2,2H3;. The Morgan fingerprint density at radius 1 is 0.818 bits per heavy atom. The first-order valence-corrected chi connectivity index (χ1v) is 17.8. The molecule has 22 heavy (non-hydrogen) atoms. The third-order valence-corrected chi connectivity index (χ3v) is 19.7. The van der Waals surface area contributed by atoms with Gasteiger partial charge >= 0.3 is 145 Å². The Kier molecular flexibility index (Phi) is 11.2. The van der Waals surface area contributed by atoms with E-state index in [1.165, 1.54) is 64.2 Å². The molecule has 0 amide bonds. The number of hydrogen-bond donors (Lipinski definition) is 1. The van der Waals surface area contributed by atoms with Crippen molar-refractivity contribution in [2.45, 2.75) is 104 Å². The van der Waals surface area contributed by atoms with Gasteiger partial charge in [-0.25, -0.2) is 0 Å². The molecule has 1 nitrogen and oxygen atoms in total. The summed E-state index contributed by atoms with van der Waals surface area (Å²) in [5.41, 5.74) is 6.07. The Morgan fingerprint density at radius 3 is 1.68 bits per heavy atom. The van der Waals surface area contributed by atoms with E-state index in [1.807, 2.05) is 0 Å². The average molecular weight is 414 g/mol. The summed E-state index contributed by atoms with van der Waals surface area (Å²) < 4.78 is 7.69. The van der Waals surface area contributed by atoms with Gasteiger partial charge < -0.3 is 0 Å². The molecular weight excluding hydrogens is 373 g/mol. The van der Waals surface area contributed by atoms with E-state index in [-0.39, 0.29) is 0 Å². The van der Waals surface area contributed by atoms with Gasteiger partial charge in [-0.3, -0.25) is 0 Å². The molecule has 0 aromatic carbocycles. The Hall–Kier alpha value is 0.499. The minimum absolute atomic E-state index is 0.484. The quantitative estimate of drug-likeness (QED) is 0.387. The fraction of sp³-hybridized carbons (Fsp3) is 0.900. The van der Waals surface area contributed by atoms with Gasteiger partial charge in [-0.1, -0.05) is 0 Å². The summed E-state index contributed by atoms with van der Waals surface area (Å²) in [4.78, 5) is 0. The van der Waals surface area contributed by atoms with Crippen LogP contribution in [0.15, 0.2) is 10.2 Å². The minimum atomic E-state index is -2.02. The average Bonchev–Trinajstić information content (AvgIpc) is 2.55. The Labute approximate surface area is 144 Å². The molecule has 1 fully saturated rings. The molecule has 0 bridgehead atoms. The van der Waals surface area contributed by atoms with Crippen LogP contribution in [0.4, 0.5) is 0 Å². The van der Waals surface area contributed by atoms with Crippen LogP contribution in [0.1, 0.15) is 85.0 Å². The van der Waals surface area contributed by atoms with Crippen molar-refractivity contribution >= 4 is 18.4 Å². The SMILES string of the molecule is CCC[CH2][Sn](/[CH]=C/C1CCC(N)CC1)([CH2]CCC)[CH2]CCC. The molecule has 0 atom stereocenters. The first-order chi connectivity index (χ1) is 10.7. The molecule has 1 aliphatic rings. The third-order valence-electron chi connectivity index (χ3n) is 5.62. The van der Waals surface area contributed by atoms with Gasteiger partial charge in [-0.15, -0.1) is 0 Å². The fourth-order valence-corrected chi connectivity index (χ4v) is 18.5. The zero-order valence-electron chi connectivity index (χ0n) is 15.6. The number of hydrogen-bond acceptors (Lipinski definition) is 1. The summed E-state index contributed by atoms with van der Waals surface area (Å²) in [6.45, 7) is 7.09. The summed E-state index contributed by atoms with van der Waals surface area (Å²) in [6, 6.07) is 0.484. The van der Waals surface area contributed by atoms with Gasteiger partial charge in [-0.2, -0.15) is 0 Å². The summed E-state index contributed by atoms with van der Waals surface area (Å²) >= 11 is -2.02. The van der Waals surface area contributed by atoms with Crippen LogP contribution in [0, 0.1) is 5.92 Å². The second-order valence-corrected chi connectivity index (χ2v) is 20.7. The van der Waals surface area contributed by atoms with Crippen LogP contribution in [0.5, 0.6) is 0 Å². The Morgan fingerprint density at radius 2 is 1.27 bits per heavy atom. The van der Waals surface area contributed by atoms with Gasteiger partial charge in [-0.05, 0) is 0 Å². The third kappa shape index (κ3) is 7.86. The van der Waals surface area contributed by atoms with E-state index in [2.05, 4.69) is 30.9 Å². The summed E-state index contributed by atoms with van der Waals surface area (Å²) in [6.07, 6.45) is 16.4. The van der Waals surface area contributed by atoms with Crippen LogP contribution in [-0.2, 0) is 0 Å². The molecule has 0 aliphatic heterocycles. The van der Waals surface area contributed by atoms with Crippen molar-refractivity contribution in [1.82, 2.24) is 0 Å². The normalized spacial score (nSPS) is 23.3. The van der Waals surface area contributed by atoms with Crippen molar-refractivity contribution < 1.29 is 0 Å². The maximum atomic E-state index is 6.07. The van der Waals surface area contributed by atoms with E-state index in [0.717, 1.165) is 5.92 Å². The molecular formula is C20H41NSn. The molecule has 2 heteroatoms. The van der Waals surface area contributed by atoms with E-state index in [0.29, 0.717) is 6.04 Å². The van der Waals surface area contributed by atoms with Crippen molar-refractivity contribution in [2.24, 2.45) is 11.7 Å². The van der Waals surface area contributed by atoms with E-state index >= 15 is 0 Å². The number of nitrogens with two attached hydrogens (primary N) is 1. The molecule has 0 spiro atoms. The summed E-state index contributed by atoms with van der Waals surface area (Å²) in [5.74, 6) is 0.848. The fourth-order valence-electron chi connectivity index (χ4n) is 3.89. The molecule has 1 saturated carbocycles. The van der Waals surface area contributed by atoms with Gasteiger partial charge in [0.2, 0.25) is 0 Å². The van der Waals surface area contributed by atoms with Crippen LogP contribution in [0.25, 0.3) is 0 Å². The van der Waals surface area contributed by atoms with Crippen molar-refractivity contribution in [2.75, 3.05) is 0 Å². The van der Waals surface area contributed by atoms with E-state index < -0.39 is 18.4 Å². The molecule has 0 unspecified atom stereocenters. The Balaban J connectivity index is 2.70. The zero-order valence-corrected chi connectivity index (χ0v) is 18.4. The van der Waals surface area contributed by atoms with Gasteiger partial charge in [0, 0.05) is 0 Å². The second kappa shape index (κ2) is 11.9. The number of allylic oxidation sites excluding steroid dienone is 1. The number of rotatable bonds is 11. The molecule has 0 heterocycles. The summed E-state index contributed by atoms with van der Waals surface area (Å²) in [7, 11) is 0. The van der Waals surface area contributed by atoms with E-state index in [4.69, 9.17) is 5.73 Å². The van der Waals surface area contributed by atoms with E-state index in [1.54, 1.807) is 13.3 Å². The predicted molar refractivity (Wildman–Crippen MR) is 104 cm³/mol. The molecule has 130 valence electrons. The maximum absolute atomic E-state index is 6.07. The molecule has 2 N–H and O–H groups in total. The predicted octanol–water partition coefficient (Wildman–Crippen LogP) is 6.45. The van der Waals surface area contributed by atoms with Crippen LogP contribution < -0.4 is 5.73 Å². The van der Waals surface area contributed by atoms with Crippen LogP contribution in [0.2, 0.25) is 13.3 Å². The first kappa shape index (κ1) is 20.5. The van der Waals surface area contributed by atoms with Gasteiger partial charge in [0.15, 0.2) is 0 Å². The topological polar surface area (TPSA) is 26.0 Å². The monoisotopic (exact) mass is 415 g/mol. The molecule has 0 radical (unpaired) electrons.